The molecular weight excluding hydrogens is 412 g/mol. The molecule has 1 aliphatic carbocycles. The number of amides is 1. The van der Waals surface area contributed by atoms with Crippen molar-refractivity contribution in [1.29, 1.82) is 0 Å². The lowest BCUT2D eigenvalue weighted by atomic mass is 9.90. The second-order valence-corrected chi connectivity index (χ2v) is 8.42. The molecule has 8 heteroatoms. The van der Waals surface area contributed by atoms with Crippen molar-refractivity contribution >= 4 is 22.6 Å². The van der Waals surface area contributed by atoms with Crippen LogP contribution in [-0.2, 0) is 4.79 Å². The van der Waals surface area contributed by atoms with Crippen molar-refractivity contribution in [2.24, 2.45) is 11.1 Å². The number of rotatable bonds is 6. The van der Waals surface area contributed by atoms with Gasteiger partial charge in [-0.25, -0.2) is 18.7 Å². The molecule has 0 aliphatic heterocycles. The second kappa shape index (κ2) is 8.45. The van der Waals surface area contributed by atoms with Crippen LogP contribution >= 0.6 is 0 Å². The van der Waals surface area contributed by atoms with Gasteiger partial charge in [0, 0.05) is 41.9 Å². The average Bonchev–Trinajstić information content (AvgIpc) is 2.77. The Bertz CT molecular complexity index is 1240. The largest absolute Gasteiger partial charge is 0.369 e. The van der Waals surface area contributed by atoms with Crippen LogP contribution in [0.2, 0.25) is 0 Å². The molecule has 0 saturated heterocycles. The molecule has 2 aromatic heterocycles. The molecule has 2 heterocycles. The van der Waals surface area contributed by atoms with Gasteiger partial charge in [-0.3, -0.25) is 9.78 Å². The molecule has 0 bridgehead atoms. The fourth-order valence-corrected chi connectivity index (χ4v) is 3.44. The van der Waals surface area contributed by atoms with Crippen molar-refractivity contribution in [2.45, 2.75) is 26.2 Å². The Labute approximate surface area is 184 Å². The Morgan fingerprint density at radius 3 is 2.75 bits per heavy atom. The number of nitrogens with one attached hydrogen (secondary N) is 1. The van der Waals surface area contributed by atoms with Gasteiger partial charge in [0.1, 0.15) is 17.5 Å². The molecule has 1 unspecified atom stereocenters. The Balaban J connectivity index is 1.80. The minimum Gasteiger partial charge on any atom is -0.369 e. The molecule has 1 atom stereocenters. The van der Waals surface area contributed by atoms with Crippen LogP contribution in [0.1, 0.15) is 31.7 Å². The number of hydrogen-bond donors (Lipinski definition) is 2. The number of anilines is 1. The highest BCUT2D eigenvalue weighted by atomic mass is 19.1. The molecule has 0 fully saturated rings. The van der Waals surface area contributed by atoms with Crippen LogP contribution < -0.4 is 11.1 Å². The summed E-state index contributed by atoms with van der Waals surface area (Å²) in [4.78, 5) is 25.2. The van der Waals surface area contributed by atoms with Crippen LogP contribution in [0.25, 0.3) is 22.3 Å². The van der Waals surface area contributed by atoms with Gasteiger partial charge in [0.25, 0.3) is 0 Å². The maximum atomic E-state index is 14.4. The first-order valence-electron chi connectivity index (χ1n) is 10.2. The number of aromatic nitrogens is 3. The van der Waals surface area contributed by atoms with Crippen molar-refractivity contribution < 1.29 is 13.6 Å². The summed E-state index contributed by atoms with van der Waals surface area (Å²) < 4.78 is 27.8. The third kappa shape index (κ3) is 4.34. The van der Waals surface area contributed by atoms with Crippen molar-refractivity contribution in [3.63, 3.8) is 0 Å². The number of hydrogen-bond acceptors (Lipinski definition) is 5. The number of halogens is 2. The molecule has 1 aromatic carbocycles. The fourth-order valence-electron chi connectivity index (χ4n) is 3.44. The van der Waals surface area contributed by atoms with E-state index in [2.05, 4.69) is 20.3 Å². The molecule has 32 heavy (non-hydrogen) atoms. The Hall–Kier alpha value is -3.68. The SMILES string of the molecule is CC(C)(CNc1nc(-c2cccnc2)nc2ccc(C3CC=C(F)C=C3F)cc12)C(N)=O. The molecule has 4 rings (SSSR count). The van der Waals surface area contributed by atoms with E-state index in [1.807, 2.05) is 6.07 Å². The van der Waals surface area contributed by atoms with Gasteiger partial charge in [-0.05, 0) is 56.2 Å². The summed E-state index contributed by atoms with van der Waals surface area (Å²) >= 11 is 0. The van der Waals surface area contributed by atoms with Gasteiger partial charge in [-0.1, -0.05) is 6.07 Å². The topological polar surface area (TPSA) is 93.8 Å². The lowest BCUT2D eigenvalue weighted by Gasteiger charge is -2.22. The van der Waals surface area contributed by atoms with Gasteiger partial charge in [-0.15, -0.1) is 0 Å². The molecule has 3 aromatic rings. The van der Waals surface area contributed by atoms with E-state index in [-0.39, 0.29) is 13.0 Å². The Kier molecular flexibility index (Phi) is 5.69. The normalized spacial score (nSPS) is 16.4. The number of pyridine rings is 1. The second-order valence-electron chi connectivity index (χ2n) is 8.42. The van der Waals surface area contributed by atoms with Gasteiger partial charge in [0.2, 0.25) is 5.91 Å². The summed E-state index contributed by atoms with van der Waals surface area (Å²) in [6.45, 7) is 3.72. The quantitative estimate of drug-likeness (QED) is 0.580. The van der Waals surface area contributed by atoms with E-state index in [0.29, 0.717) is 28.1 Å². The summed E-state index contributed by atoms with van der Waals surface area (Å²) in [5.41, 5.74) is 6.76. The van der Waals surface area contributed by atoms with Crippen LogP contribution in [0.5, 0.6) is 0 Å². The van der Waals surface area contributed by atoms with Crippen LogP contribution in [0.3, 0.4) is 0 Å². The smallest absolute Gasteiger partial charge is 0.224 e. The highest BCUT2D eigenvalue weighted by molar-refractivity contribution is 5.91. The number of primary amides is 1. The number of nitrogens with zero attached hydrogens (tertiary/aromatic N) is 3. The van der Waals surface area contributed by atoms with E-state index in [9.17, 15) is 13.6 Å². The van der Waals surface area contributed by atoms with Crippen LogP contribution in [0, 0.1) is 5.41 Å². The Morgan fingerprint density at radius 2 is 2.06 bits per heavy atom. The molecule has 1 amide bonds. The van der Waals surface area contributed by atoms with E-state index >= 15 is 0 Å². The number of carbonyl (C=O) groups is 1. The first-order valence-corrected chi connectivity index (χ1v) is 10.2. The summed E-state index contributed by atoms with van der Waals surface area (Å²) in [5.74, 6) is -1.16. The third-order valence-corrected chi connectivity index (χ3v) is 5.56. The highest BCUT2D eigenvalue weighted by Crippen LogP contribution is 2.36. The predicted molar refractivity (Wildman–Crippen MR) is 120 cm³/mol. The minimum atomic E-state index is -0.816. The van der Waals surface area contributed by atoms with Crippen LogP contribution in [0.15, 0.2) is 66.5 Å². The van der Waals surface area contributed by atoms with Gasteiger partial charge in [0.05, 0.1) is 10.9 Å². The maximum absolute atomic E-state index is 14.4. The zero-order valence-corrected chi connectivity index (χ0v) is 17.8. The molecule has 0 saturated carbocycles. The predicted octanol–water partition coefficient (Wildman–Crippen LogP) is 4.81. The molecular formula is C24H23F2N5O. The van der Waals surface area contributed by atoms with Gasteiger partial charge in [-0.2, -0.15) is 0 Å². The van der Waals surface area contributed by atoms with Gasteiger partial charge < -0.3 is 11.1 Å². The molecule has 0 radical (unpaired) electrons. The highest BCUT2D eigenvalue weighted by Gasteiger charge is 2.26. The lowest BCUT2D eigenvalue weighted by Crippen LogP contribution is -2.37. The molecule has 6 nitrogen and oxygen atoms in total. The molecule has 1 aliphatic rings. The first-order chi connectivity index (χ1) is 15.2. The van der Waals surface area contributed by atoms with E-state index in [1.54, 1.807) is 50.5 Å². The Morgan fingerprint density at radius 1 is 1.25 bits per heavy atom. The number of allylic oxidation sites excluding steroid dienone is 4. The monoisotopic (exact) mass is 435 g/mol. The number of benzene rings is 1. The summed E-state index contributed by atoms with van der Waals surface area (Å²) in [5, 5.41) is 3.88. The molecule has 164 valence electrons. The summed E-state index contributed by atoms with van der Waals surface area (Å²) in [6.07, 6.45) is 5.83. The number of nitrogens with two attached hydrogens (primary N) is 1. The maximum Gasteiger partial charge on any atom is 0.224 e. The van der Waals surface area contributed by atoms with Crippen LogP contribution in [0.4, 0.5) is 14.6 Å². The summed E-state index contributed by atoms with van der Waals surface area (Å²) in [7, 11) is 0. The number of carbonyl (C=O) groups excluding carboxylic acids is 1. The summed E-state index contributed by atoms with van der Waals surface area (Å²) in [6, 6.07) is 9.02. The minimum absolute atomic E-state index is 0.228. The van der Waals surface area contributed by atoms with E-state index in [4.69, 9.17) is 5.73 Å². The zero-order valence-electron chi connectivity index (χ0n) is 17.8. The van der Waals surface area contributed by atoms with E-state index < -0.39 is 28.9 Å². The first kappa shape index (κ1) is 21.5. The standard InChI is InChI=1S/C24H23F2N5O/c1-24(2,23(27)32)13-29-22-18-10-14(17-7-6-16(25)11-19(17)26)5-8-20(18)30-21(31-22)15-4-3-9-28-12-15/h3-6,8-12,17H,7,13H2,1-2H3,(H2,27,32)(H,29,30,31). The third-order valence-electron chi connectivity index (χ3n) is 5.56. The zero-order chi connectivity index (χ0) is 22.9. The fraction of sp³-hybridized carbons (Fsp3) is 0.250. The van der Waals surface area contributed by atoms with Crippen molar-refractivity contribution in [3.8, 4) is 11.4 Å². The average molecular weight is 435 g/mol. The van der Waals surface area contributed by atoms with Crippen molar-refractivity contribution in [2.75, 3.05) is 11.9 Å². The van der Waals surface area contributed by atoms with Gasteiger partial charge >= 0.3 is 0 Å². The van der Waals surface area contributed by atoms with E-state index in [0.717, 1.165) is 11.6 Å². The van der Waals surface area contributed by atoms with Crippen molar-refractivity contribution in [3.05, 3.63) is 72.1 Å². The number of fused-ring (bicyclic) bond motifs is 1. The molecule has 3 N–H and O–H groups in total. The molecule has 0 spiro atoms. The van der Waals surface area contributed by atoms with E-state index in [1.165, 1.54) is 6.08 Å². The van der Waals surface area contributed by atoms with Gasteiger partial charge in [0.15, 0.2) is 5.82 Å². The lowest BCUT2D eigenvalue weighted by molar-refractivity contribution is -0.125. The van der Waals surface area contributed by atoms with Crippen molar-refractivity contribution in [1.82, 2.24) is 15.0 Å². The van der Waals surface area contributed by atoms with Crippen LogP contribution in [-0.4, -0.2) is 27.4 Å².